The standard InChI is InChI=1S/C18H19N3O3/c19-16(22)14-8-10-15(11-9-14)21-18(24)17(23)20-12-4-7-13-5-2-1-3-6-13/h1-3,5-6,8-11H,4,7,12H2,(H2,19,22)(H,20,23)(H,21,24). The second-order valence-electron chi connectivity index (χ2n) is 5.24. The van der Waals surface area contributed by atoms with Gasteiger partial charge in [0.05, 0.1) is 0 Å². The van der Waals surface area contributed by atoms with Crippen molar-refractivity contribution in [2.24, 2.45) is 5.73 Å². The minimum atomic E-state index is -0.749. The Morgan fingerprint density at radius 2 is 1.54 bits per heavy atom. The number of aryl methyl sites for hydroxylation is 1. The first-order chi connectivity index (χ1) is 11.6. The van der Waals surface area contributed by atoms with Crippen molar-refractivity contribution in [2.45, 2.75) is 12.8 Å². The second kappa shape index (κ2) is 8.47. The zero-order chi connectivity index (χ0) is 17.4. The largest absolute Gasteiger partial charge is 0.366 e. The predicted octanol–water partition coefficient (Wildman–Crippen LogP) is 1.47. The van der Waals surface area contributed by atoms with Crippen molar-refractivity contribution in [2.75, 3.05) is 11.9 Å². The first-order valence-corrected chi connectivity index (χ1v) is 7.59. The van der Waals surface area contributed by atoms with Gasteiger partial charge in [-0.2, -0.15) is 0 Å². The zero-order valence-electron chi connectivity index (χ0n) is 13.1. The third-order valence-electron chi connectivity index (χ3n) is 3.40. The molecular weight excluding hydrogens is 306 g/mol. The van der Waals surface area contributed by atoms with Crippen molar-refractivity contribution in [1.82, 2.24) is 5.32 Å². The summed E-state index contributed by atoms with van der Waals surface area (Å²) in [5, 5.41) is 5.04. The van der Waals surface area contributed by atoms with Gasteiger partial charge in [0.15, 0.2) is 0 Å². The molecule has 2 aromatic rings. The van der Waals surface area contributed by atoms with Crippen LogP contribution < -0.4 is 16.4 Å². The maximum Gasteiger partial charge on any atom is 0.313 e. The summed E-state index contributed by atoms with van der Waals surface area (Å²) in [5.74, 6) is -1.99. The van der Waals surface area contributed by atoms with E-state index >= 15 is 0 Å². The molecule has 124 valence electrons. The number of anilines is 1. The molecule has 0 spiro atoms. The fourth-order valence-corrected chi connectivity index (χ4v) is 2.13. The number of nitrogens with two attached hydrogens (primary N) is 1. The molecule has 3 amide bonds. The Hall–Kier alpha value is -3.15. The molecule has 0 saturated heterocycles. The van der Waals surface area contributed by atoms with Crippen LogP contribution in [0.1, 0.15) is 22.3 Å². The van der Waals surface area contributed by atoms with E-state index in [4.69, 9.17) is 5.73 Å². The van der Waals surface area contributed by atoms with Gasteiger partial charge < -0.3 is 16.4 Å². The molecule has 2 aromatic carbocycles. The topological polar surface area (TPSA) is 101 Å². The SMILES string of the molecule is NC(=O)c1ccc(NC(=O)C(=O)NCCCc2ccccc2)cc1. The van der Waals surface area contributed by atoms with Crippen molar-refractivity contribution in [3.63, 3.8) is 0 Å². The molecule has 6 nitrogen and oxygen atoms in total. The molecule has 6 heteroatoms. The number of nitrogens with one attached hydrogen (secondary N) is 2. The van der Waals surface area contributed by atoms with Crippen LogP contribution in [0.15, 0.2) is 54.6 Å². The third kappa shape index (κ3) is 5.24. The molecule has 0 aliphatic rings. The average molecular weight is 325 g/mol. The van der Waals surface area contributed by atoms with Gasteiger partial charge in [-0.3, -0.25) is 14.4 Å². The molecule has 0 aromatic heterocycles. The number of primary amides is 1. The van der Waals surface area contributed by atoms with E-state index in [1.54, 1.807) is 0 Å². The summed E-state index contributed by atoms with van der Waals surface area (Å²) in [6, 6.07) is 15.9. The molecule has 0 heterocycles. The maximum atomic E-state index is 11.8. The molecule has 0 bridgehead atoms. The molecule has 0 aliphatic carbocycles. The first-order valence-electron chi connectivity index (χ1n) is 7.59. The van der Waals surface area contributed by atoms with E-state index in [1.807, 2.05) is 30.3 Å². The summed E-state index contributed by atoms with van der Waals surface area (Å²) in [6.07, 6.45) is 1.58. The van der Waals surface area contributed by atoms with Crippen LogP contribution in [-0.2, 0) is 16.0 Å². The van der Waals surface area contributed by atoms with Gasteiger partial charge in [-0.1, -0.05) is 30.3 Å². The van der Waals surface area contributed by atoms with Crippen LogP contribution in [0, 0.1) is 0 Å². The smallest absolute Gasteiger partial charge is 0.313 e. The van der Waals surface area contributed by atoms with E-state index in [2.05, 4.69) is 10.6 Å². The van der Waals surface area contributed by atoms with Crippen molar-refractivity contribution in [1.29, 1.82) is 0 Å². The van der Waals surface area contributed by atoms with Crippen LogP contribution in [-0.4, -0.2) is 24.3 Å². The van der Waals surface area contributed by atoms with Crippen molar-refractivity contribution >= 4 is 23.4 Å². The van der Waals surface area contributed by atoms with Crippen molar-refractivity contribution in [3.05, 3.63) is 65.7 Å². The molecule has 0 fully saturated rings. The Bertz CT molecular complexity index is 712. The molecule has 24 heavy (non-hydrogen) atoms. The van der Waals surface area contributed by atoms with Gasteiger partial charge in [-0.25, -0.2) is 0 Å². The van der Waals surface area contributed by atoms with E-state index < -0.39 is 17.7 Å². The highest BCUT2D eigenvalue weighted by molar-refractivity contribution is 6.39. The van der Waals surface area contributed by atoms with Crippen LogP contribution in [0.3, 0.4) is 0 Å². The van der Waals surface area contributed by atoms with Gasteiger partial charge in [-0.15, -0.1) is 0 Å². The lowest BCUT2D eigenvalue weighted by Gasteiger charge is -2.07. The van der Waals surface area contributed by atoms with Crippen LogP contribution in [0.2, 0.25) is 0 Å². The maximum absolute atomic E-state index is 11.8. The Morgan fingerprint density at radius 3 is 2.17 bits per heavy atom. The lowest BCUT2D eigenvalue weighted by Crippen LogP contribution is -2.36. The zero-order valence-corrected chi connectivity index (χ0v) is 13.1. The Labute approximate surface area is 140 Å². The summed E-state index contributed by atoms with van der Waals surface area (Å²) in [4.78, 5) is 34.5. The van der Waals surface area contributed by atoms with Crippen LogP contribution >= 0.6 is 0 Å². The fourth-order valence-electron chi connectivity index (χ4n) is 2.13. The minimum absolute atomic E-state index is 0.332. The van der Waals surface area contributed by atoms with Crippen LogP contribution in [0.5, 0.6) is 0 Å². The van der Waals surface area contributed by atoms with Crippen molar-refractivity contribution < 1.29 is 14.4 Å². The molecule has 2 rings (SSSR count). The van der Waals surface area contributed by atoms with E-state index in [9.17, 15) is 14.4 Å². The quantitative estimate of drug-likeness (QED) is 0.554. The normalized spacial score (nSPS) is 10.0. The van der Waals surface area contributed by atoms with Gasteiger partial charge in [0, 0.05) is 17.8 Å². The summed E-state index contributed by atoms with van der Waals surface area (Å²) >= 11 is 0. The molecule has 0 unspecified atom stereocenters. The lowest BCUT2D eigenvalue weighted by molar-refractivity contribution is -0.136. The number of amides is 3. The van der Waals surface area contributed by atoms with Gasteiger partial charge in [0.2, 0.25) is 5.91 Å². The average Bonchev–Trinajstić information content (AvgIpc) is 2.60. The lowest BCUT2D eigenvalue weighted by atomic mass is 10.1. The number of carbonyl (C=O) groups excluding carboxylic acids is 3. The van der Waals surface area contributed by atoms with Gasteiger partial charge in [-0.05, 0) is 42.7 Å². The van der Waals surface area contributed by atoms with Gasteiger partial charge in [0.25, 0.3) is 0 Å². The number of hydrogen-bond donors (Lipinski definition) is 3. The highest BCUT2D eigenvalue weighted by Gasteiger charge is 2.13. The molecule has 0 aliphatic heterocycles. The summed E-state index contributed by atoms with van der Waals surface area (Å²) in [7, 11) is 0. The van der Waals surface area contributed by atoms with E-state index in [1.165, 1.54) is 29.8 Å². The summed E-state index contributed by atoms with van der Waals surface area (Å²) in [6.45, 7) is 0.418. The highest BCUT2D eigenvalue weighted by Crippen LogP contribution is 2.09. The predicted molar refractivity (Wildman–Crippen MR) is 91.4 cm³/mol. The first kappa shape index (κ1) is 17.2. The van der Waals surface area contributed by atoms with E-state index in [0.717, 1.165) is 12.8 Å². The van der Waals surface area contributed by atoms with Crippen LogP contribution in [0.25, 0.3) is 0 Å². The fraction of sp³-hybridized carbons (Fsp3) is 0.167. The molecule has 0 saturated carbocycles. The molecule has 0 radical (unpaired) electrons. The molecule has 4 N–H and O–H groups in total. The Balaban J connectivity index is 1.73. The third-order valence-corrected chi connectivity index (χ3v) is 3.40. The Morgan fingerprint density at radius 1 is 0.875 bits per heavy atom. The number of carbonyl (C=O) groups is 3. The van der Waals surface area contributed by atoms with E-state index in [0.29, 0.717) is 17.8 Å². The van der Waals surface area contributed by atoms with Crippen LogP contribution in [0.4, 0.5) is 5.69 Å². The van der Waals surface area contributed by atoms with Gasteiger partial charge >= 0.3 is 11.8 Å². The number of benzene rings is 2. The molecule has 0 atom stereocenters. The minimum Gasteiger partial charge on any atom is -0.366 e. The Kier molecular flexibility index (Phi) is 6.08. The monoisotopic (exact) mass is 325 g/mol. The molecular formula is C18H19N3O3. The van der Waals surface area contributed by atoms with Gasteiger partial charge in [0.1, 0.15) is 0 Å². The van der Waals surface area contributed by atoms with E-state index in [-0.39, 0.29) is 0 Å². The highest BCUT2D eigenvalue weighted by atomic mass is 16.2. The summed E-state index contributed by atoms with van der Waals surface area (Å²) in [5.41, 5.74) is 7.07. The second-order valence-corrected chi connectivity index (χ2v) is 5.24. The number of rotatable bonds is 6. The van der Waals surface area contributed by atoms with Crippen molar-refractivity contribution in [3.8, 4) is 0 Å². The summed E-state index contributed by atoms with van der Waals surface area (Å²) < 4.78 is 0. The number of hydrogen-bond acceptors (Lipinski definition) is 3.